The van der Waals surface area contributed by atoms with Crippen LogP contribution in [0.4, 0.5) is 0 Å². The molecule has 0 saturated heterocycles. The summed E-state index contributed by atoms with van der Waals surface area (Å²) in [6, 6.07) is 0. The van der Waals surface area contributed by atoms with E-state index in [1.807, 2.05) is 13.8 Å². The van der Waals surface area contributed by atoms with E-state index in [1.54, 1.807) is 6.20 Å². The maximum Gasteiger partial charge on any atom is 0.166 e. The number of rotatable bonds is 1. The first-order chi connectivity index (χ1) is 9.37. The number of ketones is 1. The predicted octanol–water partition coefficient (Wildman–Crippen LogP) is 2.90. The Balaban J connectivity index is 2.12. The van der Waals surface area contributed by atoms with Crippen molar-refractivity contribution in [2.24, 2.45) is 5.41 Å². The van der Waals surface area contributed by atoms with Crippen molar-refractivity contribution in [3.63, 3.8) is 0 Å². The first kappa shape index (κ1) is 13.0. The molecule has 5 nitrogen and oxygen atoms in total. The van der Waals surface area contributed by atoms with Crippen molar-refractivity contribution < 1.29 is 9.32 Å². The molecule has 0 aromatic carbocycles. The van der Waals surface area contributed by atoms with Gasteiger partial charge in [0.05, 0.1) is 22.5 Å². The molecule has 5 heteroatoms. The standard InChI is InChI=1S/C15H17N3O2/c1-8-13(9(2)20-18-8)14-16-7-10-11(17-14)5-15(3,4)6-12(10)19/h7H,5-6H2,1-4H3. The third-order valence-electron chi connectivity index (χ3n) is 3.71. The van der Waals surface area contributed by atoms with Gasteiger partial charge in [-0.3, -0.25) is 4.79 Å². The number of carbonyl (C=O) groups excluding carboxylic acids is 1. The Morgan fingerprint density at radius 2 is 2.00 bits per heavy atom. The first-order valence-corrected chi connectivity index (χ1v) is 6.70. The fourth-order valence-corrected chi connectivity index (χ4v) is 2.75. The highest BCUT2D eigenvalue weighted by Crippen LogP contribution is 2.34. The summed E-state index contributed by atoms with van der Waals surface area (Å²) in [6.45, 7) is 7.88. The fraction of sp³-hybridized carbons (Fsp3) is 0.467. The Bertz CT molecular complexity index is 682. The van der Waals surface area contributed by atoms with Gasteiger partial charge in [0.25, 0.3) is 0 Å². The summed E-state index contributed by atoms with van der Waals surface area (Å²) >= 11 is 0. The molecule has 0 amide bonds. The Kier molecular flexibility index (Phi) is 2.74. The predicted molar refractivity (Wildman–Crippen MR) is 73.4 cm³/mol. The Labute approximate surface area is 117 Å². The molecule has 2 heterocycles. The topological polar surface area (TPSA) is 68.9 Å². The molecule has 20 heavy (non-hydrogen) atoms. The van der Waals surface area contributed by atoms with E-state index >= 15 is 0 Å². The zero-order valence-corrected chi connectivity index (χ0v) is 12.1. The van der Waals surface area contributed by atoms with Crippen molar-refractivity contribution in [2.75, 3.05) is 0 Å². The maximum atomic E-state index is 12.1. The van der Waals surface area contributed by atoms with E-state index < -0.39 is 0 Å². The lowest BCUT2D eigenvalue weighted by Crippen LogP contribution is -2.28. The van der Waals surface area contributed by atoms with E-state index in [2.05, 4.69) is 29.0 Å². The lowest BCUT2D eigenvalue weighted by molar-refractivity contribution is 0.0910. The van der Waals surface area contributed by atoms with Gasteiger partial charge in [-0.05, 0) is 25.7 Å². The van der Waals surface area contributed by atoms with Crippen molar-refractivity contribution in [1.82, 2.24) is 15.1 Å². The quantitative estimate of drug-likeness (QED) is 0.797. The Morgan fingerprint density at radius 1 is 1.25 bits per heavy atom. The van der Waals surface area contributed by atoms with Crippen molar-refractivity contribution in [1.29, 1.82) is 0 Å². The second kappa shape index (κ2) is 4.23. The van der Waals surface area contributed by atoms with Crippen LogP contribution in [0.25, 0.3) is 11.4 Å². The van der Waals surface area contributed by atoms with Crippen LogP contribution in [-0.2, 0) is 6.42 Å². The van der Waals surface area contributed by atoms with E-state index in [4.69, 9.17) is 4.52 Å². The molecule has 0 radical (unpaired) electrons. The number of aryl methyl sites for hydroxylation is 2. The van der Waals surface area contributed by atoms with E-state index in [0.717, 1.165) is 23.4 Å². The van der Waals surface area contributed by atoms with Gasteiger partial charge in [-0.15, -0.1) is 0 Å². The van der Waals surface area contributed by atoms with Crippen LogP contribution in [-0.4, -0.2) is 20.9 Å². The lowest BCUT2D eigenvalue weighted by Gasteiger charge is -2.29. The van der Waals surface area contributed by atoms with E-state index in [0.29, 0.717) is 23.6 Å². The molecule has 2 aromatic heterocycles. The highest BCUT2D eigenvalue weighted by molar-refractivity contribution is 5.98. The molecule has 0 unspecified atom stereocenters. The molecule has 0 saturated carbocycles. The van der Waals surface area contributed by atoms with Gasteiger partial charge in [-0.25, -0.2) is 9.97 Å². The van der Waals surface area contributed by atoms with Gasteiger partial charge in [0.15, 0.2) is 11.6 Å². The number of aromatic nitrogens is 3. The molecule has 2 aromatic rings. The largest absolute Gasteiger partial charge is 0.361 e. The average Bonchev–Trinajstić information content (AvgIpc) is 2.66. The summed E-state index contributed by atoms with van der Waals surface area (Å²) in [5.41, 5.74) is 3.03. The molecule has 0 atom stereocenters. The second-order valence-corrected chi connectivity index (χ2v) is 6.19. The van der Waals surface area contributed by atoms with Crippen LogP contribution in [0, 0.1) is 19.3 Å². The number of Topliss-reactive ketones (excluding diaryl/α,β-unsaturated/α-hetero) is 1. The monoisotopic (exact) mass is 271 g/mol. The minimum Gasteiger partial charge on any atom is -0.361 e. The summed E-state index contributed by atoms with van der Waals surface area (Å²) in [7, 11) is 0. The van der Waals surface area contributed by atoms with Gasteiger partial charge in [-0.1, -0.05) is 19.0 Å². The number of hydrogen-bond donors (Lipinski definition) is 0. The van der Waals surface area contributed by atoms with Crippen molar-refractivity contribution in [3.8, 4) is 11.4 Å². The molecule has 1 aliphatic carbocycles. The third kappa shape index (κ3) is 2.03. The molecule has 0 spiro atoms. The van der Waals surface area contributed by atoms with Crippen LogP contribution < -0.4 is 0 Å². The SMILES string of the molecule is Cc1noc(C)c1-c1ncc2c(n1)CC(C)(C)CC2=O. The molecule has 104 valence electrons. The summed E-state index contributed by atoms with van der Waals surface area (Å²) in [5.74, 6) is 1.41. The van der Waals surface area contributed by atoms with Gasteiger partial charge in [-0.2, -0.15) is 0 Å². The normalized spacial score (nSPS) is 17.1. The molecule has 1 aliphatic rings. The molecule has 0 bridgehead atoms. The maximum absolute atomic E-state index is 12.1. The van der Waals surface area contributed by atoms with Crippen molar-refractivity contribution in [2.45, 2.75) is 40.5 Å². The average molecular weight is 271 g/mol. The van der Waals surface area contributed by atoms with Crippen LogP contribution in [0.1, 0.15) is 47.8 Å². The van der Waals surface area contributed by atoms with Crippen LogP contribution in [0.2, 0.25) is 0 Å². The molecular weight excluding hydrogens is 254 g/mol. The number of nitrogens with zero attached hydrogens (tertiary/aromatic N) is 3. The summed E-state index contributed by atoms with van der Waals surface area (Å²) in [4.78, 5) is 21.0. The van der Waals surface area contributed by atoms with Crippen LogP contribution in [0.15, 0.2) is 10.7 Å². The number of fused-ring (bicyclic) bond motifs is 1. The molecule has 0 aliphatic heterocycles. The highest BCUT2D eigenvalue weighted by Gasteiger charge is 2.32. The zero-order chi connectivity index (χ0) is 14.5. The van der Waals surface area contributed by atoms with Gasteiger partial charge < -0.3 is 4.52 Å². The van der Waals surface area contributed by atoms with E-state index in [9.17, 15) is 4.79 Å². The molecular formula is C15H17N3O2. The molecule has 0 N–H and O–H groups in total. The van der Waals surface area contributed by atoms with E-state index in [1.165, 1.54) is 0 Å². The number of hydrogen-bond acceptors (Lipinski definition) is 5. The van der Waals surface area contributed by atoms with Gasteiger partial charge in [0, 0.05) is 12.6 Å². The smallest absolute Gasteiger partial charge is 0.166 e. The highest BCUT2D eigenvalue weighted by atomic mass is 16.5. The Hall–Kier alpha value is -2.04. The van der Waals surface area contributed by atoms with E-state index in [-0.39, 0.29) is 11.2 Å². The minimum absolute atomic E-state index is 0.0472. The summed E-state index contributed by atoms with van der Waals surface area (Å²) < 4.78 is 5.16. The van der Waals surface area contributed by atoms with Gasteiger partial charge in [0.2, 0.25) is 0 Å². The zero-order valence-electron chi connectivity index (χ0n) is 12.1. The second-order valence-electron chi connectivity index (χ2n) is 6.19. The van der Waals surface area contributed by atoms with Crippen molar-refractivity contribution >= 4 is 5.78 Å². The molecule has 3 rings (SSSR count). The van der Waals surface area contributed by atoms with Crippen LogP contribution in [0.3, 0.4) is 0 Å². The number of carbonyl (C=O) groups is 1. The Morgan fingerprint density at radius 3 is 2.65 bits per heavy atom. The van der Waals surface area contributed by atoms with Gasteiger partial charge in [0.1, 0.15) is 5.76 Å². The van der Waals surface area contributed by atoms with Crippen LogP contribution in [0.5, 0.6) is 0 Å². The van der Waals surface area contributed by atoms with Gasteiger partial charge >= 0.3 is 0 Å². The first-order valence-electron chi connectivity index (χ1n) is 6.70. The third-order valence-corrected chi connectivity index (χ3v) is 3.71. The molecule has 0 fully saturated rings. The minimum atomic E-state index is -0.0472. The van der Waals surface area contributed by atoms with Crippen molar-refractivity contribution in [3.05, 3.63) is 28.9 Å². The summed E-state index contributed by atoms with van der Waals surface area (Å²) in [6.07, 6.45) is 2.97. The lowest BCUT2D eigenvalue weighted by atomic mass is 9.76. The fourth-order valence-electron chi connectivity index (χ4n) is 2.75. The van der Waals surface area contributed by atoms with Crippen LogP contribution >= 0.6 is 0 Å². The summed E-state index contributed by atoms with van der Waals surface area (Å²) in [5, 5.41) is 3.93.